The first-order valence-corrected chi connectivity index (χ1v) is 10.8. The predicted octanol–water partition coefficient (Wildman–Crippen LogP) is 4.20. The Morgan fingerprint density at radius 1 is 1.19 bits per heavy atom. The van der Waals surface area contributed by atoms with E-state index >= 15 is 0 Å². The standard InChI is InChI=1S/C22H25FN4O3S/c1-5-30-21(29)20-16(4)24-22(31-20)26(13-17-6-8-18(23)9-7-17)19(28)10-11-27-15(3)12-14(2)25-27/h6-9,12H,5,10-11,13H2,1-4H3. The second kappa shape index (κ2) is 9.82. The molecule has 1 aromatic carbocycles. The lowest BCUT2D eigenvalue weighted by molar-refractivity contribution is -0.119. The van der Waals surface area contributed by atoms with Crippen molar-refractivity contribution < 1.29 is 18.7 Å². The molecule has 164 valence electrons. The minimum Gasteiger partial charge on any atom is -0.462 e. The molecule has 0 radical (unpaired) electrons. The van der Waals surface area contributed by atoms with E-state index in [1.165, 1.54) is 17.0 Å². The molecule has 0 aliphatic rings. The maximum atomic E-state index is 13.3. The van der Waals surface area contributed by atoms with Crippen LogP contribution in [0.1, 0.15) is 45.7 Å². The number of rotatable bonds is 8. The first-order valence-electron chi connectivity index (χ1n) is 9.99. The van der Waals surface area contributed by atoms with E-state index in [0.29, 0.717) is 22.2 Å². The van der Waals surface area contributed by atoms with E-state index < -0.39 is 5.97 Å². The Morgan fingerprint density at radius 2 is 1.90 bits per heavy atom. The number of esters is 1. The van der Waals surface area contributed by atoms with Crippen LogP contribution in [0, 0.1) is 26.6 Å². The van der Waals surface area contributed by atoms with Gasteiger partial charge in [-0.25, -0.2) is 14.2 Å². The van der Waals surface area contributed by atoms with Crippen molar-refractivity contribution in [2.45, 2.75) is 47.2 Å². The molecule has 3 aromatic rings. The summed E-state index contributed by atoms with van der Waals surface area (Å²) in [6.45, 7) is 8.19. The van der Waals surface area contributed by atoms with Gasteiger partial charge in [0.15, 0.2) is 5.13 Å². The van der Waals surface area contributed by atoms with Crippen LogP contribution in [0.5, 0.6) is 0 Å². The summed E-state index contributed by atoms with van der Waals surface area (Å²) < 4.78 is 20.2. The minimum atomic E-state index is -0.458. The molecule has 0 N–H and O–H groups in total. The van der Waals surface area contributed by atoms with Crippen LogP contribution in [0.2, 0.25) is 0 Å². The number of carbonyl (C=O) groups excluding carboxylic acids is 2. The minimum absolute atomic E-state index is 0.166. The molecule has 3 rings (SSSR count). The number of hydrogen-bond acceptors (Lipinski definition) is 6. The lowest BCUT2D eigenvalue weighted by atomic mass is 10.2. The highest BCUT2D eigenvalue weighted by Gasteiger charge is 2.24. The highest BCUT2D eigenvalue weighted by atomic mass is 32.1. The number of hydrogen-bond donors (Lipinski definition) is 0. The van der Waals surface area contributed by atoms with E-state index in [1.807, 2.05) is 19.9 Å². The summed E-state index contributed by atoms with van der Waals surface area (Å²) in [5.74, 6) is -0.970. The molecule has 9 heteroatoms. The van der Waals surface area contributed by atoms with Crippen LogP contribution in [0.3, 0.4) is 0 Å². The van der Waals surface area contributed by atoms with Crippen molar-refractivity contribution in [2.24, 2.45) is 0 Å². The zero-order valence-corrected chi connectivity index (χ0v) is 18.8. The van der Waals surface area contributed by atoms with Gasteiger partial charge in [-0.2, -0.15) is 5.10 Å². The van der Waals surface area contributed by atoms with Crippen LogP contribution in [-0.2, 0) is 22.6 Å². The van der Waals surface area contributed by atoms with E-state index in [2.05, 4.69) is 10.1 Å². The fourth-order valence-electron chi connectivity index (χ4n) is 3.16. The number of amides is 1. The van der Waals surface area contributed by atoms with Crippen molar-refractivity contribution >= 4 is 28.3 Å². The maximum Gasteiger partial charge on any atom is 0.350 e. The van der Waals surface area contributed by atoms with Gasteiger partial charge in [-0.3, -0.25) is 14.4 Å². The van der Waals surface area contributed by atoms with Crippen molar-refractivity contribution in [2.75, 3.05) is 11.5 Å². The molecule has 0 aliphatic carbocycles. The lowest BCUT2D eigenvalue weighted by Gasteiger charge is -2.20. The summed E-state index contributed by atoms with van der Waals surface area (Å²) in [5, 5.41) is 4.81. The molecule has 1 amide bonds. The third kappa shape index (κ3) is 5.55. The average molecular weight is 445 g/mol. The molecule has 0 aliphatic heterocycles. The topological polar surface area (TPSA) is 77.3 Å². The Balaban J connectivity index is 1.86. The van der Waals surface area contributed by atoms with Gasteiger partial charge in [0.2, 0.25) is 5.91 Å². The molecule has 0 fully saturated rings. The Hall–Kier alpha value is -3.07. The number of benzene rings is 1. The van der Waals surface area contributed by atoms with Crippen LogP contribution in [-0.4, -0.2) is 33.2 Å². The Bertz CT molecular complexity index is 1080. The fraction of sp³-hybridized carbons (Fsp3) is 0.364. The number of aryl methyl sites for hydroxylation is 4. The SMILES string of the molecule is CCOC(=O)c1sc(N(Cc2ccc(F)cc2)C(=O)CCn2nc(C)cc2C)nc1C. The van der Waals surface area contributed by atoms with Gasteiger partial charge in [0, 0.05) is 18.7 Å². The quantitative estimate of drug-likeness (QED) is 0.487. The summed E-state index contributed by atoms with van der Waals surface area (Å²) >= 11 is 1.12. The zero-order valence-electron chi connectivity index (χ0n) is 18.0. The Kier molecular flexibility index (Phi) is 7.17. The molecule has 2 aromatic heterocycles. The molecular formula is C22H25FN4O3S. The summed E-state index contributed by atoms with van der Waals surface area (Å²) in [6.07, 6.45) is 0.205. The lowest BCUT2D eigenvalue weighted by Crippen LogP contribution is -2.31. The maximum absolute atomic E-state index is 13.3. The molecule has 0 saturated heterocycles. The van der Waals surface area contributed by atoms with Crippen LogP contribution in [0.25, 0.3) is 0 Å². The van der Waals surface area contributed by atoms with Gasteiger partial charge in [-0.1, -0.05) is 23.5 Å². The Morgan fingerprint density at radius 3 is 2.52 bits per heavy atom. The van der Waals surface area contributed by atoms with Crippen molar-refractivity contribution in [1.29, 1.82) is 0 Å². The molecule has 0 saturated carbocycles. The first-order chi connectivity index (χ1) is 14.8. The number of thiazole rings is 1. The average Bonchev–Trinajstić information content (AvgIpc) is 3.27. The largest absolute Gasteiger partial charge is 0.462 e. The van der Waals surface area contributed by atoms with Crippen molar-refractivity contribution in [3.05, 3.63) is 63.7 Å². The molecular weight excluding hydrogens is 419 g/mol. The van der Waals surface area contributed by atoms with Crippen LogP contribution in [0.4, 0.5) is 9.52 Å². The van der Waals surface area contributed by atoms with E-state index in [1.54, 1.807) is 30.7 Å². The first kappa shape index (κ1) is 22.6. The van der Waals surface area contributed by atoms with Crippen LogP contribution >= 0.6 is 11.3 Å². The van der Waals surface area contributed by atoms with Crippen molar-refractivity contribution in [3.8, 4) is 0 Å². The smallest absolute Gasteiger partial charge is 0.350 e. The number of anilines is 1. The van der Waals surface area contributed by atoms with Gasteiger partial charge >= 0.3 is 5.97 Å². The summed E-state index contributed by atoms with van der Waals surface area (Å²) in [4.78, 5) is 31.7. The van der Waals surface area contributed by atoms with Gasteiger partial charge in [0.05, 0.1) is 24.5 Å². The molecule has 0 spiro atoms. The third-order valence-electron chi connectivity index (χ3n) is 4.67. The zero-order chi connectivity index (χ0) is 22.5. The Labute approximate surface area is 184 Å². The summed E-state index contributed by atoms with van der Waals surface area (Å²) in [6, 6.07) is 7.92. The predicted molar refractivity (Wildman–Crippen MR) is 117 cm³/mol. The van der Waals surface area contributed by atoms with Gasteiger partial charge in [0.1, 0.15) is 10.7 Å². The number of halogens is 1. The number of aromatic nitrogens is 3. The second-order valence-electron chi connectivity index (χ2n) is 7.14. The molecule has 31 heavy (non-hydrogen) atoms. The fourth-order valence-corrected chi connectivity index (χ4v) is 4.13. The van der Waals surface area contributed by atoms with E-state index in [9.17, 15) is 14.0 Å². The molecule has 0 unspecified atom stereocenters. The highest BCUT2D eigenvalue weighted by molar-refractivity contribution is 7.17. The van der Waals surface area contributed by atoms with Crippen LogP contribution in [0.15, 0.2) is 30.3 Å². The number of ether oxygens (including phenoxy) is 1. The normalized spacial score (nSPS) is 10.9. The van der Waals surface area contributed by atoms with Gasteiger partial charge < -0.3 is 4.74 Å². The van der Waals surface area contributed by atoms with E-state index in [4.69, 9.17) is 4.74 Å². The van der Waals surface area contributed by atoms with Gasteiger partial charge in [0.25, 0.3) is 0 Å². The molecule has 0 atom stereocenters. The second-order valence-corrected chi connectivity index (χ2v) is 8.12. The van der Waals surface area contributed by atoms with Gasteiger partial charge in [-0.15, -0.1) is 0 Å². The van der Waals surface area contributed by atoms with Crippen molar-refractivity contribution in [1.82, 2.24) is 14.8 Å². The summed E-state index contributed by atoms with van der Waals surface area (Å²) in [7, 11) is 0. The molecule has 0 bridgehead atoms. The van der Waals surface area contributed by atoms with Crippen molar-refractivity contribution in [3.63, 3.8) is 0 Å². The van der Waals surface area contributed by atoms with Gasteiger partial charge in [-0.05, 0) is 51.5 Å². The van der Waals surface area contributed by atoms with E-state index in [0.717, 1.165) is 28.3 Å². The molecule has 2 heterocycles. The van der Waals surface area contributed by atoms with E-state index in [-0.39, 0.29) is 31.3 Å². The monoisotopic (exact) mass is 444 g/mol. The number of carbonyl (C=O) groups is 2. The third-order valence-corrected chi connectivity index (χ3v) is 5.83. The molecule has 7 nitrogen and oxygen atoms in total. The highest BCUT2D eigenvalue weighted by Crippen LogP contribution is 2.29. The summed E-state index contributed by atoms with van der Waals surface area (Å²) in [5.41, 5.74) is 3.13. The van der Waals surface area contributed by atoms with Crippen LogP contribution < -0.4 is 4.90 Å². The number of nitrogens with zero attached hydrogens (tertiary/aromatic N) is 4.